The monoisotopic (exact) mass is 729 g/mol. The second-order valence-electron chi connectivity index (χ2n) is 11.3. The second-order valence-corrected chi connectivity index (χ2v) is 11.6. The van der Waals surface area contributed by atoms with Gasteiger partial charge < -0.3 is 45.8 Å². The number of carboxylic acids is 1. The molecule has 3 aromatic rings. The summed E-state index contributed by atoms with van der Waals surface area (Å²) in [6.07, 6.45) is -0.326. The average Bonchev–Trinajstić information content (AvgIpc) is 3.10. The topological polar surface area (TPSA) is 235 Å². The van der Waals surface area contributed by atoms with E-state index in [9.17, 15) is 57.9 Å². The summed E-state index contributed by atoms with van der Waals surface area (Å²) in [5.41, 5.74) is -1.04. The molecule has 0 saturated carbocycles. The Balaban J connectivity index is 1.32. The van der Waals surface area contributed by atoms with Gasteiger partial charge in [-0.25, -0.2) is 18.4 Å². The van der Waals surface area contributed by atoms with E-state index in [2.05, 4.69) is 16.0 Å². The number of halogens is 3. The predicted molar refractivity (Wildman–Crippen MR) is 171 cm³/mol. The molecule has 2 heterocycles. The molecule has 2 aliphatic heterocycles. The highest BCUT2D eigenvalue weighted by molar-refractivity contribution is 6.47. The summed E-state index contributed by atoms with van der Waals surface area (Å²) in [5, 5.41) is 46.3. The largest absolute Gasteiger partial charge is 0.547 e. The zero-order chi connectivity index (χ0) is 37.1. The van der Waals surface area contributed by atoms with Crippen LogP contribution in [0, 0.1) is 11.6 Å². The van der Waals surface area contributed by atoms with E-state index >= 15 is 0 Å². The van der Waals surface area contributed by atoms with Crippen LogP contribution in [0.1, 0.15) is 37.9 Å². The number of carbonyl (C=O) groups is 6. The van der Waals surface area contributed by atoms with Gasteiger partial charge >= 0.3 is 30.9 Å². The number of nitrogens with zero attached hydrogens (tertiary/aromatic N) is 2. The number of hydrogen-bond acceptors (Lipinski definition) is 10. The number of rotatable bonds is 9. The molecule has 0 bridgehead atoms. The summed E-state index contributed by atoms with van der Waals surface area (Å²) in [5.74, 6) is -12.7. The van der Waals surface area contributed by atoms with Crippen molar-refractivity contribution in [2.24, 2.45) is 0 Å². The second kappa shape index (κ2) is 14.9. The number of nitrogens with one attached hydrogen (secondary N) is 3. The van der Waals surface area contributed by atoms with E-state index in [4.69, 9.17) is 16.3 Å². The minimum absolute atomic E-state index is 0.0244. The molecule has 266 valence electrons. The van der Waals surface area contributed by atoms with Crippen LogP contribution in [0.15, 0.2) is 48.5 Å². The molecule has 0 spiro atoms. The molecule has 5 rings (SSSR count). The fraction of sp³-hybridized carbons (Fsp3) is 0.226. The summed E-state index contributed by atoms with van der Waals surface area (Å²) in [6, 6.07) is 7.35. The molecule has 20 heteroatoms. The third-order valence-electron chi connectivity index (χ3n) is 8.04. The number of phenolic OH excluding ortho intramolecular Hbond substituents is 2. The Bertz CT molecular complexity index is 1940. The van der Waals surface area contributed by atoms with Crippen LogP contribution >= 0.6 is 11.6 Å². The molecule has 1 unspecified atom stereocenters. The molecular weight excluding hydrogens is 703 g/mol. The van der Waals surface area contributed by atoms with E-state index in [1.165, 1.54) is 0 Å². The van der Waals surface area contributed by atoms with Gasteiger partial charge in [0, 0.05) is 37.3 Å². The number of benzene rings is 3. The van der Waals surface area contributed by atoms with Crippen LogP contribution in [-0.2, 0) is 20.8 Å². The number of phenols is 2. The quantitative estimate of drug-likeness (QED) is 0.0921. The third-order valence-corrected chi connectivity index (χ3v) is 8.44. The summed E-state index contributed by atoms with van der Waals surface area (Å²) in [7, 11) is -1.97. The minimum atomic E-state index is -2.06. The molecule has 7 N–H and O–H groups in total. The first-order valence-corrected chi connectivity index (χ1v) is 15.4. The molecule has 0 aromatic heterocycles. The lowest BCUT2D eigenvalue weighted by Crippen LogP contribution is -2.60. The molecule has 51 heavy (non-hydrogen) atoms. The van der Waals surface area contributed by atoms with Gasteiger partial charge in [0.2, 0.25) is 5.91 Å². The minimum Gasteiger partial charge on any atom is -0.534 e. The first-order valence-electron chi connectivity index (χ1n) is 15.0. The molecule has 2 atom stereocenters. The molecule has 2 aliphatic rings. The van der Waals surface area contributed by atoms with E-state index in [0.29, 0.717) is 16.5 Å². The zero-order valence-corrected chi connectivity index (χ0v) is 26.8. The summed E-state index contributed by atoms with van der Waals surface area (Å²) >= 11 is 6.12. The first kappa shape index (κ1) is 36.3. The SMILES string of the molecule is O=C(NCCN1CCN(C(=O)NC(C(=O)N[C@H]2Cc3ccc(F)c(C(=O)O)c3OB2O)c2cc(F)c(O)c(O)c2Cl)C(=O)C1=O)c1ccccc1. The van der Waals surface area contributed by atoms with E-state index in [0.717, 1.165) is 17.0 Å². The van der Waals surface area contributed by atoms with E-state index < -0.39 is 99.8 Å². The number of carboxylic acid groups (broad SMARTS) is 1. The zero-order valence-electron chi connectivity index (χ0n) is 26.1. The maximum atomic E-state index is 14.6. The Morgan fingerprint density at radius 1 is 1.00 bits per heavy atom. The highest BCUT2D eigenvalue weighted by Gasteiger charge is 2.42. The van der Waals surface area contributed by atoms with Crippen molar-refractivity contribution in [1.82, 2.24) is 25.8 Å². The van der Waals surface area contributed by atoms with Crippen molar-refractivity contribution in [3.8, 4) is 17.2 Å². The number of imide groups is 1. The van der Waals surface area contributed by atoms with Gasteiger partial charge in [-0.05, 0) is 36.2 Å². The molecule has 1 saturated heterocycles. The number of hydrogen-bond donors (Lipinski definition) is 7. The van der Waals surface area contributed by atoms with Gasteiger partial charge in [0.25, 0.3) is 5.91 Å². The van der Waals surface area contributed by atoms with Crippen molar-refractivity contribution in [3.05, 3.63) is 87.4 Å². The molecule has 0 aliphatic carbocycles. The van der Waals surface area contributed by atoms with Crippen LogP contribution < -0.4 is 20.6 Å². The standard InChI is InChI=1S/C31H27BClF2N5O11/c33-21-16(13-18(35)23(41)24(21)42)22(27(44)37-19-12-15-6-7-17(34)20(30(47)48)25(15)51-32(19)50)38-31(49)40-11-10-39(28(45)29(40)46)9-8-36-26(43)14-4-2-1-3-5-14/h1-7,13,19,22,41-42,50H,8-12H2,(H,36,43)(H,37,44)(H,38,49)(H,47,48)/t19-,22?/m0/s1. The number of aromatic hydroxyl groups is 2. The number of piperazine rings is 1. The van der Waals surface area contributed by atoms with Gasteiger partial charge in [0.15, 0.2) is 17.3 Å². The summed E-state index contributed by atoms with van der Waals surface area (Å²) < 4.78 is 34.0. The number of fused-ring (bicyclic) bond motifs is 1. The Hall–Kier alpha value is -5.95. The average molecular weight is 730 g/mol. The van der Waals surface area contributed by atoms with Crippen LogP contribution in [0.3, 0.4) is 0 Å². The van der Waals surface area contributed by atoms with Crippen molar-refractivity contribution in [2.45, 2.75) is 18.4 Å². The van der Waals surface area contributed by atoms with Crippen LogP contribution in [0.5, 0.6) is 17.2 Å². The van der Waals surface area contributed by atoms with Gasteiger partial charge in [-0.15, -0.1) is 0 Å². The van der Waals surface area contributed by atoms with E-state index in [1.54, 1.807) is 30.3 Å². The third kappa shape index (κ3) is 7.48. The summed E-state index contributed by atoms with van der Waals surface area (Å²) in [6.45, 7) is -0.658. The number of urea groups is 1. The van der Waals surface area contributed by atoms with Gasteiger partial charge in [-0.1, -0.05) is 35.9 Å². The van der Waals surface area contributed by atoms with Crippen LogP contribution in [-0.4, -0.2) is 105 Å². The lowest BCUT2D eigenvalue weighted by Gasteiger charge is -2.34. The normalized spacial score (nSPS) is 16.2. The van der Waals surface area contributed by atoms with Crippen molar-refractivity contribution in [3.63, 3.8) is 0 Å². The fourth-order valence-electron chi connectivity index (χ4n) is 5.42. The van der Waals surface area contributed by atoms with Crippen LogP contribution in [0.2, 0.25) is 5.02 Å². The van der Waals surface area contributed by atoms with Crippen LogP contribution in [0.4, 0.5) is 13.6 Å². The van der Waals surface area contributed by atoms with Crippen molar-refractivity contribution in [2.75, 3.05) is 26.2 Å². The number of aromatic carboxylic acids is 1. The molecular formula is C31H27BClF2N5O11. The van der Waals surface area contributed by atoms with Crippen molar-refractivity contribution >= 4 is 54.3 Å². The van der Waals surface area contributed by atoms with Crippen LogP contribution in [0.25, 0.3) is 0 Å². The Morgan fingerprint density at radius 2 is 1.71 bits per heavy atom. The molecule has 16 nitrogen and oxygen atoms in total. The smallest absolute Gasteiger partial charge is 0.534 e. The highest BCUT2D eigenvalue weighted by Crippen LogP contribution is 2.40. The molecule has 3 aromatic carbocycles. The van der Waals surface area contributed by atoms with E-state index in [-0.39, 0.29) is 38.2 Å². The highest BCUT2D eigenvalue weighted by atomic mass is 35.5. The Morgan fingerprint density at radius 3 is 2.39 bits per heavy atom. The Kier molecular flexibility index (Phi) is 10.6. The summed E-state index contributed by atoms with van der Waals surface area (Å²) in [4.78, 5) is 78.3. The fourth-order valence-corrected chi connectivity index (χ4v) is 5.67. The van der Waals surface area contributed by atoms with Gasteiger partial charge in [-0.2, -0.15) is 0 Å². The maximum absolute atomic E-state index is 14.6. The maximum Gasteiger partial charge on any atom is 0.547 e. The number of amides is 6. The molecule has 0 radical (unpaired) electrons. The lowest BCUT2D eigenvalue weighted by molar-refractivity contribution is -0.153. The Labute approximate surface area is 291 Å². The van der Waals surface area contributed by atoms with E-state index in [1.807, 2.05) is 0 Å². The van der Waals surface area contributed by atoms with Crippen molar-refractivity contribution < 1.29 is 62.5 Å². The molecule has 6 amide bonds. The molecule has 1 fully saturated rings. The van der Waals surface area contributed by atoms with Crippen molar-refractivity contribution in [1.29, 1.82) is 0 Å². The van der Waals surface area contributed by atoms with Gasteiger partial charge in [-0.3, -0.25) is 24.1 Å². The first-order chi connectivity index (χ1) is 24.2. The number of carbonyl (C=O) groups excluding carboxylic acids is 5. The van der Waals surface area contributed by atoms with Gasteiger partial charge in [0.05, 0.1) is 11.0 Å². The predicted octanol–water partition coefficient (Wildman–Crippen LogP) is 0.719. The lowest BCUT2D eigenvalue weighted by atomic mass is 9.72. The van der Waals surface area contributed by atoms with Gasteiger partial charge in [0.1, 0.15) is 23.2 Å².